The van der Waals surface area contributed by atoms with Gasteiger partial charge < -0.3 is 9.67 Å². The third-order valence-electron chi connectivity index (χ3n) is 1.85. The summed E-state index contributed by atoms with van der Waals surface area (Å²) in [5.41, 5.74) is 0.723. The minimum atomic E-state index is -0.154. The second kappa shape index (κ2) is 3.43. The predicted octanol–water partition coefficient (Wildman–Crippen LogP) is 1.04. The number of aryl methyl sites for hydroxylation is 1. The van der Waals surface area contributed by atoms with Crippen LogP contribution in [0.3, 0.4) is 0 Å². The van der Waals surface area contributed by atoms with E-state index in [-0.39, 0.29) is 11.3 Å². The summed E-state index contributed by atoms with van der Waals surface area (Å²) in [6, 6.07) is 2.85. The average molecular weight is 167 g/mol. The Morgan fingerprint density at radius 1 is 1.50 bits per heavy atom. The van der Waals surface area contributed by atoms with Crippen molar-refractivity contribution in [3.05, 3.63) is 28.2 Å². The van der Waals surface area contributed by atoms with E-state index in [9.17, 15) is 4.79 Å². The van der Waals surface area contributed by atoms with Crippen LogP contribution in [-0.2, 0) is 13.5 Å². The van der Waals surface area contributed by atoms with E-state index < -0.39 is 0 Å². The molecule has 0 amide bonds. The lowest BCUT2D eigenvalue weighted by atomic mass is 10.2. The van der Waals surface area contributed by atoms with Gasteiger partial charge in [-0.1, -0.05) is 13.3 Å². The highest BCUT2D eigenvalue weighted by atomic mass is 16.3. The largest absolute Gasteiger partial charge is 0.508 e. The molecule has 1 aromatic rings. The summed E-state index contributed by atoms with van der Waals surface area (Å²) in [6.07, 6.45) is 1.79. The molecule has 0 aliphatic carbocycles. The molecular formula is C9H13NO2. The molecule has 3 heteroatoms. The van der Waals surface area contributed by atoms with E-state index in [1.165, 1.54) is 6.07 Å². The smallest absolute Gasteiger partial charge is 0.254 e. The third kappa shape index (κ3) is 1.67. The van der Waals surface area contributed by atoms with E-state index in [1.54, 1.807) is 17.7 Å². The maximum atomic E-state index is 11.1. The molecule has 3 nitrogen and oxygen atoms in total. The molecule has 0 saturated carbocycles. The fourth-order valence-corrected chi connectivity index (χ4v) is 1.17. The molecule has 0 spiro atoms. The first-order valence-corrected chi connectivity index (χ1v) is 4.04. The zero-order chi connectivity index (χ0) is 9.14. The number of hydrogen-bond acceptors (Lipinski definition) is 2. The van der Waals surface area contributed by atoms with Crippen LogP contribution in [0, 0.1) is 0 Å². The average Bonchev–Trinajstić information content (AvgIpc) is 2.00. The van der Waals surface area contributed by atoms with Gasteiger partial charge in [0.25, 0.3) is 5.56 Å². The van der Waals surface area contributed by atoms with Gasteiger partial charge in [0.05, 0.1) is 0 Å². The van der Waals surface area contributed by atoms with Gasteiger partial charge in [0.2, 0.25) is 0 Å². The van der Waals surface area contributed by atoms with Crippen molar-refractivity contribution in [2.45, 2.75) is 19.8 Å². The normalized spacial score (nSPS) is 10.2. The van der Waals surface area contributed by atoms with Crippen molar-refractivity contribution in [2.75, 3.05) is 0 Å². The van der Waals surface area contributed by atoms with Crippen LogP contribution in [0.1, 0.15) is 19.0 Å². The molecule has 12 heavy (non-hydrogen) atoms. The number of aromatic hydroxyl groups is 1. The second-order valence-electron chi connectivity index (χ2n) is 2.85. The molecule has 1 aromatic heterocycles. The van der Waals surface area contributed by atoms with E-state index >= 15 is 0 Å². The summed E-state index contributed by atoms with van der Waals surface area (Å²) >= 11 is 0. The molecular weight excluding hydrogens is 154 g/mol. The molecule has 0 radical (unpaired) electrons. The van der Waals surface area contributed by atoms with Crippen LogP contribution in [0.15, 0.2) is 16.9 Å². The van der Waals surface area contributed by atoms with Gasteiger partial charge in [0.15, 0.2) is 0 Å². The molecule has 66 valence electrons. The van der Waals surface area contributed by atoms with Gasteiger partial charge in [-0.3, -0.25) is 4.79 Å². The quantitative estimate of drug-likeness (QED) is 0.715. The van der Waals surface area contributed by atoms with Crippen molar-refractivity contribution in [1.82, 2.24) is 4.57 Å². The zero-order valence-electron chi connectivity index (χ0n) is 7.37. The summed E-state index contributed by atoms with van der Waals surface area (Å²) in [6.45, 7) is 2.04. The summed E-state index contributed by atoms with van der Waals surface area (Å²) < 4.78 is 1.56. The van der Waals surface area contributed by atoms with Gasteiger partial charge in [-0.2, -0.15) is 0 Å². The predicted molar refractivity (Wildman–Crippen MR) is 47.3 cm³/mol. The Balaban J connectivity index is 3.18. The van der Waals surface area contributed by atoms with Crippen molar-refractivity contribution < 1.29 is 5.11 Å². The number of rotatable bonds is 2. The van der Waals surface area contributed by atoms with E-state index in [4.69, 9.17) is 5.11 Å². The summed E-state index contributed by atoms with van der Waals surface area (Å²) in [5, 5.41) is 9.13. The number of nitrogens with zero attached hydrogens (tertiary/aromatic N) is 1. The molecule has 0 aliphatic rings. The first-order chi connectivity index (χ1) is 5.65. The minimum Gasteiger partial charge on any atom is -0.508 e. The van der Waals surface area contributed by atoms with Gasteiger partial charge in [-0.15, -0.1) is 0 Å². The van der Waals surface area contributed by atoms with Crippen LogP contribution in [0.2, 0.25) is 0 Å². The highest BCUT2D eigenvalue weighted by Crippen LogP contribution is 2.08. The van der Waals surface area contributed by atoms with Crippen LogP contribution >= 0.6 is 0 Å². The SMILES string of the molecule is CCCc1cc(O)cc(=O)n1C. The first-order valence-electron chi connectivity index (χ1n) is 4.04. The Morgan fingerprint density at radius 3 is 2.75 bits per heavy atom. The van der Waals surface area contributed by atoms with E-state index in [0.29, 0.717) is 0 Å². The summed E-state index contributed by atoms with van der Waals surface area (Å²) in [7, 11) is 1.72. The molecule has 0 bridgehead atoms. The lowest BCUT2D eigenvalue weighted by molar-refractivity contribution is 0.470. The molecule has 0 aromatic carbocycles. The van der Waals surface area contributed by atoms with Crippen LogP contribution < -0.4 is 5.56 Å². The second-order valence-corrected chi connectivity index (χ2v) is 2.85. The lowest BCUT2D eigenvalue weighted by Crippen LogP contribution is -2.18. The van der Waals surface area contributed by atoms with Gasteiger partial charge in [-0.25, -0.2) is 0 Å². The fraction of sp³-hybridized carbons (Fsp3) is 0.444. The molecule has 0 unspecified atom stereocenters. The van der Waals surface area contributed by atoms with Crippen molar-refractivity contribution in [2.24, 2.45) is 7.05 Å². The van der Waals surface area contributed by atoms with Gasteiger partial charge >= 0.3 is 0 Å². The van der Waals surface area contributed by atoms with Crippen molar-refractivity contribution in [3.8, 4) is 5.75 Å². The van der Waals surface area contributed by atoms with E-state index in [2.05, 4.69) is 0 Å². The summed E-state index contributed by atoms with van der Waals surface area (Å²) in [4.78, 5) is 11.1. The topological polar surface area (TPSA) is 42.2 Å². The van der Waals surface area contributed by atoms with Gasteiger partial charge in [-0.05, 0) is 12.5 Å². The standard InChI is InChI=1S/C9H13NO2/c1-3-4-7-5-8(11)6-9(12)10(7)2/h5-6,11H,3-4H2,1-2H3. The number of aromatic nitrogens is 1. The van der Waals surface area contributed by atoms with Crippen molar-refractivity contribution in [1.29, 1.82) is 0 Å². The lowest BCUT2D eigenvalue weighted by Gasteiger charge is -2.06. The maximum Gasteiger partial charge on any atom is 0.254 e. The van der Waals surface area contributed by atoms with Crippen LogP contribution in [0.5, 0.6) is 5.75 Å². The molecule has 0 atom stereocenters. The number of hydrogen-bond donors (Lipinski definition) is 1. The summed E-state index contributed by atoms with van der Waals surface area (Å²) in [5.74, 6) is 0.0570. The monoisotopic (exact) mass is 167 g/mol. The minimum absolute atomic E-state index is 0.0570. The highest BCUT2D eigenvalue weighted by Gasteiger charge is 2.00. The molecule has 1 N–H and O–H groups in total. The van der Waals surface area contributed by atoms with Crippen LogP contribution in [0.4, 0.5) is 0 Å². The number of pyridine rings is 1. The van der Waals surface area contributed by atoms with Crippen molar-refractivity contribution in [3.63, 3.8) is 0 Å². The Morgan fingerprint density at radius 2 is 2.17 bits per heavy atom. The highest BCUT2D eigenvalue weighted by molar-refractivity contribution is 5.22. The molecule has 0 aliphatic heterocycles. The Labute approximate surface area is 71.3 Å². The Kier molecular flexibility index (Phi) is 2.53. The first kappa shape index (κ1) is 8.84. The zero-order valence-corrected chi connectivity index (χ0v) is 7.37. The molecule has 1 heterocycles. The fourth-order valence-electron chi connectivity index (χ4n) is 1.17. The van der Waals surface area contributed by atoms with Gasteiger partial charge in [0.1, 0.15) is 5.75 Å². The van der Waals surface area contributed by atoms with Gasteiger partial charge in [0, 0.05) is 18.8 Å². The Bertz CT molecular complexity index is 328. The molecule has 0 fully saturated rings. The molecule has 0 saturated heterocycles. The maximum absolute atomic E-state index is 11.1. The van der Waals surface area contributed by atoms with Crippen LogP contribution in [-0.4, -0.2) is 9.67 Å². The van der Waals surface area contributed by atoms with Crippen LogP contribution in [0.25, 0.3) is 0 Å². The molecule has 1 rings (SSSR count). The Hall–Kier alpha value is -1.25. The van der Waals surface area contributed by atoms with E-state index in [1.807, 2.05) is 6.92 Å². The third-order valence-corrected chi connectivity index (χ3v) is 1.85. The van der Waals surface area contributed by atoms with E-state index in [0.717, 1.165) is 18.5 Å². The van der Waals surface area contributed by atoms with Crippen molar-refractivity contribution >= 4 is 0 Å².